The van der Waals surface area contributed by atoms with Crippen LogP contribution in [0, 0.1) is 0 Å². The van der Waals surface area contributed by atoms with Gasteiger partial charge in [-0.2, -0.15) is 0 Å². The topological polar surface area (TPSA) is 72.3 Å². The quantitative estimate of drug-likeness (QED) is 0.139. The van der Waals surface area contributed by atoms with Gasteiger partial charge in [0.15, 0.2) is 0 Å². The third-order valence-electron chi connectivity index (χ3n) is 9.00. The average Bonchev–Trinajstić information content (AvgIpc) is 3.41. The summed E-state index contributed by atoms with van der Waals surface area (Å²) in [6.45, 7) is 9.84. The lowest BCUT2D eigenvalue weighted by Crippen LogP contribution is -2.30. The van der Waals surface area contributed by atoms with Gasteiger partial charge in [-0.1, -0.05) is 30.3 Å². The summed E-state index contributed by atoms with van der Waals surface area (Å²) in [5.74, 6) is 1.95. The predicted octanol–water partition coefficient (Wildman–Crippen LogP) is 7.83. The minimum absolute atomic E-state index is 0.0569. The van der Waals surface area contributed by atoms with Gasteiger partial charge in [0.1, 0.15) is 11.6 Å². The summed E-state index contributed by atoms with van der Waals surface area (Å²) in [7, 11) is 0. The van der Waals surface area contributed by atoms with Crippen molar-refractivity contribution in [3.8, 4) is 5.75 Å². The van der Waals surface area contributed by atoms with Crippen molar-refractivity contribution in [3.63, 3.8) is 0 Å². The largest absolute Gasteiger partial charge is 0.494 e. The van der Waals surface area contributed by atoms with E-state index < -0.39 is 0 Å². The van der Waals surface area contributed by atoms with Gasteiger partial charge in [-0.3, -0.25) is 9.78 Å². The average molecular weight is 604 g/mol. The molecule has 1 amide bonds. The molecule has 0 aliphatic heterocycles. The molecule has 2 aromatic heterocycles. The van der Waals surface area contributed by atoms with Crippen molar-refractivity contribution in [1.29, 1.82) is 0 Å². The number of pyridine rings is 1. The molecule has 0 fully saturated rings. The van der Waals surface area contributed by atoms with E-state index in [0.29, 0.717) is 31.7 Å². The molecule has 45 heavy (non-hydrogen) atoms. The molecule has 2 heterocycles. The zero-order valence-electron chi connectivity index (χ0n) is 26.9. The van der Waals surface area contributed by atoms with Crippen molar-refractivity contribution in [3.05, 3.63) is 94.9 Å². The molecular formula is C38H45N5O2. The standard InChI is InChI=1S/C38H45N5O2/c1-4-42(5-2)38(44)28-19-22-35-34(26-28)41-36(25-27-17-20-29(21-18-27)45-6-3)43(35)24-12-11-23-39-37-30-13-7-9-15-32(30)40-33-16-10-8-14-31(33)37/h7,9,13,15,17-22,26H,4-6,8,10-12,14,16,23-25H2,1-3H3,(H,39,40). The number of hydrogen-bond donors (Lipinski definition) is 1. The number of anilines is 1. The number of fused-ring (bicyclic) bond motifs is 3. The molecule has 1 aliphatic rings. The second kappa shape index (κ2) is 14.1. The van der Waals surface area contributed by atoms with Crippen molar-refractivity contribution in [2.75, 3.05) is 31.6 Å². The third kappa shape index (κ3) is 6.68. The van der Waals surface area contributed by atoms with Gasteiger partial charge in [0.25, 0.3) is 5.91 Å². The number of hydrogen-bond acceptors (Lipinski definition) is 5. The van der Waals surface area contributed by atoms with Crippen LogP contribution in [0.1, 0.15) is 79.5 Å². The lowest BCUT2D eigenvalue weighted by molar-refractivity contribution is 0.0773. The lowest BCUT2D eigenvalue weighted by atomic mass is 9.92. The van der Waals surface area contributed by atoms with Crippen molar-refractivity contribution in [2.24, 2.45) is 0 Å². The summed E-state index contributed by atoms with van der Waals surface area (Å²) in [4.78, 5) is 25.1. The minimum Gasteiger partial charge on any atom is -0.494 e. The molecule has 234 valence electrons. The zero-order valence-corrected chi connectivity index (χ0v) is 26.9. The second-order valence-electron chi connectivity index (χ2n) is 11.9. The fourth-order valence-electron chi connectivity index (χ4n) is 6.63. The minimum atomic E-state index is 0.0569. The number of unbranched alkanes of at least 4 members (excludes halogenated alkanes) is 1. The highest BCUT2D eigenvalue weighted by Gasteiger charge is 2.19. The zero-order chi connectivity index (χ0) is 31.2. The molecule has 0 atom stereocenters. The van der Waals surface area contributed by atoms with Crippen LogP contribution in [0.25, 0.3) is 21.9 Å². The van der Waals surface area contributed by atoms with Crippen LogP contribution in [0.4, 0.5) is 5.69 Å². The van der Waals surface area contributed by atoms with Crippen LogP contribution in [0.5, 0.6) is 5.75 Å². The first-order valence-corrected chi connectivity index (χ1v) is 16.7. The van der Waals surface area contributed by atoms with Gasteiger partial charge in [-0.25, -0.2) is 4.98 Å². The molecule has 0 saturated heterocycles. The van der Waals surface area contributed by atoms with E-state index in [1.54, 1.807) is 0 Å². The second-order valence-corrected chi connectivity index (χ2v) is 11.9. The van der Waals surface area contributed by atoms with E-state index in [0.717, 1.165) is 66.9 Å². The van der Waals surface area contributed by atoms with Gasteiger partial charge >= 0.3 is 0 Å². The SMILES string of the molecule is CCOc1ccc(Cc2nc3cc(C(=O)N(CC)CC)ccc3n2CCCCNc2c3c(nc4ccccc24)CCCC3)cc1. The molecule has 5 aromatic rings. The molecular weight excluding hydrogens is 558 g/mol. The van der Waals surface area contributed by atoms with Crippen LogP contribution in [0.3, 0.4) is 0 Å². The van der Waals surface area contributed by atoms with Gasteiger partial charge in [0.05, 0.1) is 23.2 Å². The molecule has 3 aromatic carbocycles. The maximum Gasteiger partial charge on any atom is 0.253 e. The molecule has 0 bridgehead atoms. The summed E-state index contributed by atoms with van der Waals surface area (Å²) in [5.41, 5.74) is 8.88. The van der Waals surface area contributed by atoms with E-state index in [4.69, 9.17) is 14.7 Å². The van der Waals surface area contributed by atoms with E-state index >= 15 is 0 Å². The Labute approximate surface area is 266 Å². The molecule has 0 unspecified atom stereocenters. The Morgan fingerprint density at radius 2 is 1.71 bits per heavy atom. The highest BCUT2D eigenvalue weighted by atomic mass is 16.5. The Balaban J connectivity index is 1.21. The first kappa shape index (κ1) is 30.6. The molecule has 0 saturated carbocycles. The van der Waals surface area contributed by atoms with E-state index in [1.807, 2.05) is 49.9 Å². The van der Waals surface area contributed by atoms with E-state index in [9.17, 15) is 4.79 Å². The summed E-state index contributed by atoms with van der Waals surface area (Å²) in [6.07, 6.45) is 7.39. The van der Waals surface area contributed by atoms with E-state index in [-0.39, 0.29) is 5.91 Å². The number of ether oxygens (including phenoxy) is 1. The van der Waals surface area contributed by atoms with Crippen molar-refractivity contribution in [2.45, 2.75) is 72.3 Å². The molecule has 0 spiro atoms. The van der Waals surface area contributed by atoms with Gasteiger partial charge in [0, 0.05) is 54.9 Å². The van der Waals surface area contributed by atoms with Gasteiger partial charge < -0.3 is 19.5 Å². The van der Waals surface area contributed by atoms with Crippen LogP contribution in [-0.4, -0.2) is 51.6 Å². The predicted molar refractivity (Wildman–Crippen MR) is 184 cm³/mol. The molecule has 6 rings (SSSR count). The van der Waals surface area contributed by atoms with Crippen molar-refractivity contribution >= 4 is 33.5 Å². The number of amides is 1. The molecule has 7 nitrogen and oxygen atoms in total. The van der Waals surface area contributed by atoms with Crippen molar-refractivity contribution in [1.82, 2.24) is 19.4 Å². The number of para-hydroxylation sites is 1. The number of imidazole rings is 1. The van der Waals surface area contributed by atoms with Crippen LogP contribution < -0.4 is 10.1 Å². The summed E-state index contributed by atoms with van der Waals surface area (Å²) in [5, 5.41) is 5.05. The number of carbonyl (C=O) groups is 1. The summed E-state index contributed by atoms with van der Waals surface area (Å²) >= 11 is 0. The first-order valence-electron chi connectivity index (χ1n) is 16.7. The van der Waals surface area contributed by atoms with Gasteiger partial charge in [-0.05, 0) is 107 Å². The third-order valence-corrected chi connectivity index (χ3v) is 9.00. The Morgan fingerprint density at radius 3 is 2.51 bits per heavy atom. The summed E-state index contributed by atoms with van der Waals surface area (Å²) < 4.78 is 8.00. The normalized spacial score (nSPS) is 12.8. The van der Waals surface area contributed by atoms with Crippen LogP contribution in [0.2, 0.25) is 0 Å². The van der Waals surface area contributed by atoms with Crippen LogP contribution in [0.15, 0.2) is 66.7 Å². The Kier molecular flexibility index (Phi) is 9.63. The number of aryl methyl sites for hydroxylation is 2. The first-order chi connectivity index (χ1) is 22.1. The Hall–Kier alpha value is -4.39. The molecule has 0 radical (unpaired) electrons. The molecule has 1 N–H and O–H groups in total. The number of benzene rings is 3. The fourth-order valence-corrected chi connectivity index (χ4v) is 6.63. The highest BCUT2D eigenvalue weighted by Crippen LogP contribution is 2.33. The molecule has 1 aliphatic carbocycles. The van der Waals surface area contributed by atoms with E-state index in [2.05, 4.69) is 52.3 Å². The number of nitrogens with one attached hydrogen (secondary N) is 1. The monoisotopic (exact) mass is 603 g/mol. The Morgan fingerprint density at radius 1 is 0.911 bits per heavy atom. The van der Waals surface area contributed by atoms with E-state index in [1.165, 1.54) is 40.7 Å². The maximum atomic E-state index is 13.1. The maximum absolute atomic E-state index is 13.1. The highest BCUT2D eigenvalue weighted by molar-refractivity contribution is 5.97. The van der Waals surface area contributed by atoms with Crippen molar-refractivity contribution < 1.29 is 9.53 Å². The van der Waals surface area contributed by atoms with Crippen LogP contribution >= 0.6 is 0 Å². The number of aromatic nitrogens is 3. The lowest BCUT2D eigenvalue weighted by Gasteiger charge is -2.21. The van der Waals surface area contributed by atoms with Gasteiger partial charge in [0.2, 0.25) is 0 Å². The smallest absolute Gasteiger partial charge is 0.253 e. The number of rotatable bonds is 13. The Bertz CT molecular complexity index is 1770. The fraction of sp³-hybridized carbons (Fsp3) is 0.395. The number of carbonyl (C=O) groups excluding carboxylic acids is 1. The summed E-state index contributed by atoms with van der Waals surface area (Å²) in [6, 6.07) is 22.8. The molecule has 7 heteroatoms. The number of nitrogens with zero attached hydrogens (tertiary/aromatic N) is 4. The van der Waals surface area contributed by atoms with Crippen LogP contribution in [-0.2, 0) is 25.8 Å². The van der Waals surface area contributed by atoms with Gasteiger partial charge in [-0.15, -0.1) is 0 Å².